The molecule has 0 radical (unpaired) electrons. The average molecular weight is 389 g/mol. The lowest BCUT2D eigenvalue weighted by atomic mass is 10.0. The number of sulfonamides is 1. The maximum absolute atomic E-state index is 12.7. The number of methoxy groups -OCH3 is 1. The fourth-order valence-corrected chi connectivity index (χ4v) is 4.10. The van der Waals surface area contributed by atoms with E-state index in [9.17, 15) is 13.2 Å². The van der Waals surface area contributed by atoms with Gasteiger partial charge < -0.3 is 9.64 Å². The minimum absolute atomic E-state index is 0.0407. The van der Waals surface area contributed by atoms with E-state index in [0.717, 1.165) is 17.4 Å². The number of ether oxygens (including phenoxy) is 1. The Hall–Kier alpha value is -2.45. The van der Waals surface area contributed by atoms with Crippen LogP contribution in [-0.2, 0) is 10.0 Å². The molecule has 27 heavy (non-hydrogen) atoms. The van der Waals surface area contributed by atoms with Gasteiger partial charge in [-0.3, -0.25) is 9.78 Å². The summed E-state index contributed by atoms with van der Waals surface area (Å²) in [4.78, 5) is 18.5. The summed E-state index contributed by atoms with van der Waals surface area (Å²) in [5, 5.41) is 0. The first-order chi connectivity index (χ1) is 12.9. The zero-order chi connectivity index (χ0) is 19.4. The molecule has 0 atom stereocenters. The maximum Gasteiger partial charge on any atom is 0.253 e. The van der Waals surface area contributed by atoms with Gasteiger partial charge in [-0.05, 0) is 36.6 Å². The van der Waals surface area contributed by atoms with Crippen molar-refractivity contribution in [1.29, 1.82) is 0 Å². The number of hydrogen-bond donors (Lipinski definition) is 1. The summed E-state index contributed by atoms with van der Waals surface area (Å²) in [6.45, 7) is 1.07. The zero-order valence-electron chi connectivity index (χ0n) is 15.4. The Labute approximate surface area is 159 Å². The highest BCUT2D eigenvalue weighted by molar-refractivity contribution is 7.88. The van der Waals surface area contributed by atoms with Gasteiger partial charge in [-0.2, -0.15) is 0 Å². The van der Waals surface area contributed by atoms with E-state index >= 15 is 0 Å². The van der Waals surface area contributed by atoms with Crippen molar-refractivity contribution < 1.29 is 17.9 Å². The number of pyridine rings is 1. The van der Waals surface area contributed by atoms with Crippen molar-refractivity contribution in [2.24, 2.45) is 0 Å². The number of carbonyl (C=O) groups excluding carboxylic acids is 1. The van der Waals surface area contributed by atoms with Crippen LogP contribution in [0.15, 0.2) is 42.7 Å². The van der Waals surface area contributed by atoms with Gasteiger partial charge in [0.25, 0.3) is 5.91 Å². The van der Waals surface area contributed by atoms with Crippen LogP contribution in [0.25, 0.3) is 11.1 Å². The molecule has 0 bridgehead atoms. The van der Waals surface area contributed by atoms with Gasteiger partial charge in [0.1, 0.15) is 5.75 Å². The molecule has 8 heteroatoms. The number of benzene rings is 1. The molecule has 0 spiro atoms. The van der Waals surface area contributed by atoms with Crippen LogP contribution in [0.1, 0.15) is 23.2 Å². The molecule has 2 heterocycles. The van der Waals surface area contributed by atoms with E-state index in [1.807, 2.05) is 18.2 Å². The molecular weight excluding hydrogens is 366 g/mol. The average Bonchev–Trinajstić information content (AvgIpc) is 2.67. The second kappa shape index (κ2) is 8.06. The highest BCUT2D eigenvalue weighted by atomic mass is 32.2. The highest BCUT2D eigenvalue weighted by Gasteiger charge is 2.25. The third-order valence-electron chi connectivity index (χ3n) is 4.61. The van der Waals surface area contributed by atoms with E-state index in [-0.39, 0.29) is 11.9 Å². The molecule has 3 rings (SSSR count). The molecule has 0 aliphatic carbocycles. The SMILES string of the molecule is COc1cnccc1-c1ccc(C(=O)N2CCC(NS(C)(=O)=O)CC2)cc1. The van der Waals surface area contributed by atoms with Crippen molar-refractivity contribution in [1.82, 2.24) is 14.6 Å². The van der Waals surface area contributed by atoms with Gasteiger partial charge in [0.15, 0.2) is 0 Å². The monoisotopic (exact) mass is 389 g/mol. The lowest BCUT2D eigenvalue weighted by Crippen LogP contribution is -2.46. The van der Waals surface area contributed by atoms with E-state index in [1.54, 1.807) is 36.5 Å². The van der Waals surface area contributed by atoms with Crippen LogP contribution in [-0.4, -0.2) is 56.7 Å². The second-order valence-corrected chi connectivity index (χ2v) is 8.39. The van der Waals surface area contributed by atoms with E-state index in [1.165, 1.54) is 0 Å². The minimum atomic E-state index is -3.22. The van der Waals surface area contributed by atoms with E-state index in [4.69, 9.17) is 4.74 Å². The number of piperidine rings is 1. The Balaban J connectivity index is 1.66. The Kier molecular flexibility index (Phi) is 5.76. The lowest BCUT2D eigenvalue weighted by Gasteiger charge is -2.32. The summed E-state index contributed by atoms with van der Waals surface area (Å²) in [5.74, 6) is 0.637. The summed E-state index contributed by atoms with van der Waals surface area (Å²) in [7, 11) is -1.62. The third-order valence-corrected chi connectivity index (χ3v) is 5.37. The fraction of sp³-hybridized carbons (Fsp3) is 0.368. The summed E-state index contributed by atoms with van der Waals surface area (Å²) in [6.07, 6.45) is 5.74. The highest BCUT2D eigenvalue weighted by Crippen LogP contribution is 2.29. The van der Waals surface area contributed by atoms with Gasteiger partial charge >= 0.3 is 0 Å². The first-order valence-electron chi connectivity index (χ1n) is 8.72. The first-order valence-corrected chi connectivity index (χ1v) is 10.6. The van der Waals surface area contributed by atoms with E-state index in [0.29, 0.717) is 37.2 Å². The van der Waals surface area contributed by atoms with Crippen molar-refractivity contribution in [3.05, 3.63) is 48.3 Å². The summed E-state index contributed by atoms with van der Waals surface area (Å²) < 4.78 is 30.6. The molecular formula is C19H23N3O4S. The Bertz CT molecular complexity index is 905. The molecule has 2 aromatic rings. The van der Waals surface area contributed by atoms with Crippen LogP contribution in [0.3, 0.4) is 0 Å². The van der Waals surface area contributed by atoms with Gasteiger partial charge in [0.2, 0.25) is 10.0 Å². The molecule has 1 N–H and O–H groups in total. The molecule has 0 saturated carbocycles. The molecule has 144 valence electrons. The molecule has 1 aliphatic heterocycles. The maximum atomic E-state index is 12.7. The van der Waals surface area contributed by atoms with Gasteiger partial charge in [0.05, 0.1) is 19.6 Å². The molecule has 1 fully saturated rings. The number of rotatable bonds is 5. The number of carbonyl (C=O) groups is 1. The van der Waals surface area contributed by atoms with Crippen LogP contribution >= 0.6 is 0 Å². The Morgan fingerprint density at radius 2 is 1.85 bits per heavy atom. The molecule has 1 amide bonds. The fourth-order valence-electron chi connectivity index (χ4n) is 3.26. The third kappa shape index (κ3) is 4.84. The van der Waals surface area contributed by atoms with Crippen molar-refractivity contribution in [2.75, 3.05) is 26.5 Å². The smallest absolute Gasteiger partial charge is 0.253 e. The van der Waals surface area contributed by atoms with Crippen LogP contribution in [0, 0.1) is 0 Å². The first kappa shape index (κ1) is 19.3. The Morgan fingerprint density at radius 3 is 2.44 bits per heavy atom. The number of likely N-dealkylation sites (tertiary alicyclic amines) is 1. The van der Waals surface area contributed by atoms with Crippen molar-refractivity contribution >= 4 is 15.9 Å². The molecule has 1 aromatic heterocycles. The number of nitrogens with one attached hydrogen (secondary N) is 1. The number of aromatic nitrogens is 1. The van der Waals surface area contributed by atoms with Crippen LogP contribution in [0.2, 0.25) is 0 Å². The van der Waals surface area contributed by atoms with Gasteiger partial charge in [-0.25, -0.2) is 13.1 Å². The predicted octanol–water partition coefficient (Wildman–Crippen LogP) is 1.91. The van der Waals surface area contributed by atoms with Crippen LogP contribution < -0.4 is 9.46 Å². The number of hydrogen-bond acceptors (Lipinski definition) is 5. The number of nitrogens with zero attached hydrogens (tertiary/aromatic N) is 2. The Morgan fingerprint density at radius 1 is 1.19 bits per heavy atom. The lowest BCUT2D eigenvalue weighted by molar-refractivity contribution is 0.0711. The molecule has 1 aromatic carbocycles. The standard InChI is InChI=1S/C19H23N3O4S/c1-26-18-13-20-10-7-17(18)14-3-5-15(6-4-14)19(23)22-11-8-16(9-12-22)21-27(2,24)25/h3-7,10,13,16,21H,8-9,11-12H2,1-2H3. The quantitative estimate of drug-likeness (QED) is 0.844. The summed E-state index contributed by atoms with van der Waals surface area (Å²) in [6, 6.07) is 9.16. The molecule has 7 nitrogen and oxygen atoms in total. The molecule has 1 aliphatic rings. The summed E-state index contributed by atoms with van der Waals surface area (Å²) in [5.41, 5.74) is 2.47. The van der Waals surface area contributed by atoms with Gasteiger partial charge in [0, 0.05) is 36.5 Å². The van der Waals surface area contributed by atoms with Gasteiger partial charge in [-0.1, -0.05) is 12.1 Å². The molecule has 0 unspecified atom stereocenters. The van der Waals surface area contributed by atoms with Crippen molar-refractivity contribution in [3.63, 3.8) is 0 Å². The topological polar surface area (TPSA) is 88.6 Å². The van der Waals surface area contributed by atoms with Crippen molar-refractivity contribution in [3.8, 4) is 16.9 Å². The van der Waals surface area contributed by atoms with Crippen LogP contribution in [0.4, 0.5) is 0 Å². The largest absolute Gasteiger partial charge is 0.494 e. The van der Waals surface area contributed by atoms with Crippen LogP contribution in [0.5, 0.6) is 5.75 Å². The second-order valence-electron chi connectivity index (χ2n) is 6.61. The van der Waals surface area contributed by atoms with Crippen molar-refractivity contribution in [2.45, 2.75) is 18.9 Å². The molecule has 1 saturated heterocycles. The minimum Gasteiger partial charge on any atom is -0.494 e. The van der Waals surface area contributed by atoms with E-state index in [2.05, 4.69) is 9.71 Å². The summed E-state index contributed by atoms with van der Waals surface area (Å²) >= 11 is 0. The normalized spacial score (nSPS) is 15.6. The number of amides is 1. The zero-order valence-corrected chi connectivity index (χ0v) is 16.2. The predicted molar refractivity (Wildman–Crippen MR) is 103 cm³/mol. The van der Waals surface area contributed by atoms with Gasteiger partial charge in [-0.15, -0.1) is 0 Å². The van der Waals surface area contributed by atoms with E-state index < -0.39 is 10.0 Å².